The van der Waals surface area contributed by atoms with Crippen LogP contribution in [0.25, 0.3) is 10.2 Å². The summed E-state index contributed by atoms with van der Waals surface area (Å²) >= 11 is 3.59. The summed E-state index contributed by atoms with van der Waals surface area (Å²) in [5.41, 5.74) is 2.55. The molecular formula is C17H17N3S2. The minimum Gasteiger partial charge on any atom is -0.340 e. The Morgan fingerprint density at radius 1 is 1.18 bits per heavy atom. The molecular weight excluding hydrogens is 310 g/mol. The van der Waals surface area contributed by atoms with Crippen molar-refractivity contribution in [1.29, 1.82) is 0 Å². The Kier molecular flexibility index (Phi) is 3.76. The first-order valence-corrected chi connectivity index (χ1v) is 9.55. The molecule has 0 atom stereocenters. The Hall–Kier alpha value is -1.59. The molecule has 22 heavy (non-hydrogen) atoms. The summed E-state index contributed by atoms with van der Waals surface area (Å²) in [7, 11) is 0. The topological polar surface area (TPSA) is 37.8 Å². The van der Waals surface area contributed by atoms with E-state index >= 15 is 0 Å². The van der Waals surface area contributed by atoms with E-state index in [0.717, 1.165) is 22.8 Å². The van der Waals surface area contributed by atoms with Gasteiger partial charge in [-0.25, -0.2) is 9.97 Å². The van der Waals surface area contributed by atoms with Crippen LogP contribution in [0.5, 0.6) is 0 Å². The van der Waals surface area contributed by atoms with Crippen LogP contribution < -0.4 is 5.32 Å². The van der Waals surface area contributed by atoms with Crippen molar-refractivity contribution in [3.05, 3.63) is 41.0 Å². The summed E-state index contributed by atoms with van der Waals surface area (Å²) in [6, 6.07) is 8.46. The van der Waals surface area contributed by atoms with Gasteiger partial charge in [0.15, 0.2) is 0 Å². The van der Waals surface area contributed by atoms with Crippen molar-refractivity contribution >= 4 is 44.8 Å². The van der Waals surface area contributed by atoms with Gasteiger partial charge < -0.3 is 5.32 Å². The van der Waals surface area contributed by atoms with Crippen LogP contribution in [0.15, 0.2) is 35.5 Å². The maximum atomic E-state index is 4.52. The van der Waals surface area contributed by atoms with Crippen LogP contribution in [-0.4, -0.2) is 16.2 Å². The van der Waals surface area contributed by atoms with Gasteiger partial charge in [-0.2, -0.15) is 0 Å². The van der Waals surface area contributed by atoms with Crippen molar-refractivity contribution in [2.75, 3.05) is 11.6 Å². The molecule has 1 aliphatic rings. The van der Waals surface area contributed by atoms with E-state index in [9.17, 15) is 0 Å². The minimum atomic E-state index is 0.947. The second kappa shape index (κ2) is 5.89. The van der Waals surface area contributed by atoms with Crippen LogP contribution in [0.1, 0.15) is 23.3 Å². The largest absolute Gasteiger partial charge is 0.340 e. The van der Waals surface area contributed by atoms with Crippen LogP contribution in [0.2, 0.25) is 0 Å². The Balaban J connectivity index is 1.79. The van der Waals surface area contributed by atoms with Gasteiger partial charge >= 0.3 is 0 Å². The first kappa shape index (κ1) is 14.0. The van der Waals surface area contributed by atoms with E-state index in [1.807, 2.05) is 11.3 Å². The number of thiophene rings is 1. The molecule has 112 valence electrons. The zero-order valence-electron chi connectivity index (χ0n) is 12.4. The number of rotatable bonds is 3. The third kappa shape index (κ3) is 2.48. The summed E-state index contributed by atoms with van der Waals surface area (Å²) in [6.45, 7) is 0. The number of anilines is 2. The van der Waals surface area contributed by atoms with Crippen molar-refractivity contribution < 1.29 is 0 Å². The molecule has 0 unspecified atom stereocenters. The fourth-order valence-corrected chi connectivity index (χ4v) is 4.71. The number of nitrogens with zero attached hydrogens (tertiary/aromatic N) is 2. The van der Waals surface area contributed by atoms with E-state index in [4.69, 9.17) is 0 Å². The van der Waals surface area contributed by atoms with Crippen LogP contribution in [-0.2, 0) is 12.8 Å². The number of hydrogen-bond donors (Lipinski definition) is 1. The zero-order valence-corrected chi connectivity index (χ0v) is 14.1. The standard InChI is InChI=1S/C17H17N3S2/c1-21-12-6-4-5-11(9-12)20-16-15-13-7-2-3-8-14(13)22-17(15)19-10-18-16/h4-6,9-10H,2-3,7-8H2,1H3,(H,18,19,20). The smallest absolute Gasteiger partial charge is 0.142 e. The lowest BCUT2D eigenvalue weighted by Crippen LogP contribution is -2.01. The third-order valence-corrected chi connectivity index (χ3v) is 6.01. The lowest BCUT2D eigenvalue weighted by atomic mass is 9.97. The molecule has 3 nitrogen and oxygen atoms in total. The monoisotopic (exact) mass is 327 g/mol. The molecule has 0 aliphatic heterocycles. The molecule has 0 radical (unpaired) electrons. The van der Waals surface area contributed by atoms with Gasteiger partial charge in [0.05, 0.1) is 5.39 Å². The third-order valence-electron chi connectivity index (χ3n) is 4.08. The molecule has 5 heteroatoms. The second-order valence-electron chi connectivity index (χ2n) is 5.47. The Morgan fingerprint density at radius 2 is 2.09 bits per heavy atom. The van der Waals surface area contributed by atoms with Crippen molar-refractivity contribution in [2.24, 2.45) is 0 Å². The Morgan fingerprint density at radius 3 is 3.00 bits per heavy atom. The quantitative estimate of drug-likeness (QED) is 0.684. The van der Waals surface area contributed by atoms with Gasteiger partial charge in [-0.3, -0.25) is 0 Å². The highest BCUT2D eigenvalue weighted by molar-refractivity contribution is 7.98. The van der Waals surface area contributed by atoms with Gasteiger partial charge in [0.2, 0.25) is 0 Å². The first-order valence-electron chi connectivity index (χ1n) is 7.51. The summed E-state index contributed by atoms with van der Waals surface area (Å²) in [5, 5.41) is 4.73. The van der Waals surface area contributed by atoms with Gasteiger partial charge in [-0.1, -0.05) is 6.07 Å². The fraction of sp³-hybridized carbons (Fsp3) is 0.294. The molecule has 1 aromatic carbocycles. The van der Waals surface area contributed by atoms with Crippen LogP contribution in [0.4, 0.5) is 11.5 Å². The molecule has 2 aromatic heterocycles. The van der Waals surface area contributed by atoms with Crippen molar-refractivity contribution in [3.8, 4) is 0 Å². The number of aromatic nitrogens is 2. The van der Waals surface area contributed by atoms with Gasteiger partial charge in [-0.15, -0.1) is 23.1 Å². The summed E-state index contributed by atoms with van der Waals surface area (Å²) < 4.78 is 0. The SMILES string of the molecule is CSc1cccc(Nc2ncnc3sc4c(c23)CCCC4)c1. The van der Waals surface area contributed by atoms with E-state index in [1.54, 1.807) is 18.1 Å². The number of aryl methyl sites for hydroxylation is 2. The average molecular weight is 327 g/mol. The number of nitrogens with one attached hydrogen (secondary N) is 1. The summed E-state index contributed by atoms with van der Waals surface area (Å²) in [6.07, 6.45) is 8.68. The number of fused-ring (bicyclic) bond motifs is 3. The molecule has 0 saturated heterocycles. The maximum Gasteiger partial charge on any atom is 0.142 e. The predicted octanol–water partition coefficient (Wildman–Crippen LogP) is 5.04. The molecule has 0 fully saturated rings. The van der Waals surface area contributed by atoms with Crippen LogP contribution >= 0.6 is 23.1 Å². The van der Waals surface area contributed by atoms with Crippen molar-refractivity contribution in [1.82, 2.24) is 9.97 Å². The molecule has 1 N–H and O–H groups in total. The lowest BCUT2D eigenvalue weighted by Gasteiger charge is -2.12. The van der Waals surface area contributed by atoms with E-state index < -0.39 is 0 Å². The molecule has 4 rings (SSSR count). The van der Waals surface area contributed by atoms with Gasteiger partial charge in [0, 0.05) is 15.5 Å². The average Bonchev–Trinajstić information content (AvgIpc) is 2.94. The highest BCUT2D eigenvalue weighted by Gasteiger charge is 2.19. The molecule has 0 bridgehead atoms. The summed E-state index contributed by atoms with van der Waals surface area (Å²) in [4.78, 5) is 12.9. The predicted molar refractivity (Wildman–Crippen MR) is 95.6 cm³/mol. The molecule has 0 spiro atoms. The van der Waals surface area contributed by atoms with Gasteiger partial charge in [0.1, 0.15) is 17.0 Å². The van der Waals surface area contributed by atoms with Crippen LogP contribution in [0, 0.1) is 0 Å². The molecule has 0 saturated carbocycles. The highest BCUT2D eigenvalue weighted by atomic mass is 32.2. The van der Waals surface area contributed by atoms with E-state index in [-0.39, 0.29) is 0 Å². The normalized spacial score (nSPS) is 14.0. The summed E-state index contributed by atoms with van der Waals surface area (Å²) in [5.74, 6) is 0.947. The van der Waals surface area contributed by atoms with Gasteiger partial charge in [0.25, 0.3) is 0 Å². The Bertz CT molecular complexity index is 826. The first-order chi connectivity index (χ1) is 10.8. The zero-order chi connectivity index (χ0) is 14.9. The maximum absolute atomic E-state index is 4.52. The fourth-order valence-electron chi connectivity index (χ4n) is 3.02. The number of benzene rings is 1. The molecule has 2 heterocycles. The molecule has 1 aliphatic carbocycles. The highest BCUT2D eigenvalue weighted by Crippen LogP contribution is 2.38. The molecule has 0 amide bonds. The van der Waals surface area contributed by atoms with E-state index in [1.165, 1.54) is 40.0 Å². The minimum absolute atomic E-state index is 0.947. The van der Waals surface area contributed by atoms with E-state index in [0.29, 0.717) is 0 Å². The van der Waals surface area contributed by atoms with Gasteiger partial charge in [-0.05, 0) is 55.7 Å². The van der Waals surface area contributed by atoms with E-state index in [2.05, 4.69) is 45.8 Å². The van der Waals surface area contributed by atoms with Crippen molar-refractivity contribution in [3.63, 3.8) is 0 Å². The van der Waals surface area contributed by atoms with Crippen molar-refractivity contribution in [2.45, 2.75) is 30.6 Å². The number of hydrogen-bond acceptors (Lipinski definition) is 5. The Labute approximate surface area is 138 Å². The van der Waals surface area contributed by atoms with Crippen LogP contribution in [0.3, 0.4) is 0 Å². The molecule has 3 aromatic rings. The lowest BCUT2D eigenvalue weighted by molar-refractivity contribution is 0.700. The second-order valence-corrected chi connectivity index (χ2v) is 7.43. The number of thioether (sulfide) groups is 1.